The van der Waals surface area contributed by atoms with Gasteiger partial charge in [0, 0.05) is 17.7 Å². The third-order valence-electron chi connectivity index (χ3n) is 2.36. The smallest absolute Gasteiger partial charge is 0.164 e. The van der Waals surface area contributed by atoms with E-state index in [9.17, 15) is 4.79 Å². The predicted octanol–water partition coefficient (Wildman–Crippen LogP) is 4.30. The van der Waals surface area contributed by atoms with Crippen LogP contribution in [0.1, 0.15) is 57.8 Å². The number of hydrogen-bond donors (Lipinski definition) is 1. The second-order valence-corrected chi connectivity index (χ2v) is 5.07. The molecule has 0 atom stereocenters. The van der Waals surface area contributed by atoms with E-state index in [1.165, 1.54) is 0 Å². The summed E-state index contributed by atoms with van der Waals surface area (Å²) >= 11 is 0. The van der Waals surface area contributed by atoms with Gasteiger partial charge in [0.05, 0.1) is 0 Å². The van der Waals surface area contributed by atoms with Crippen LogP contribution >= 0.6 is 0 Å². The third kappa shape index (κ3) is 6.10. The van der Waals surface area contributed by atoms with Gasteiger partial charge in [-0.1, -0.05) is 46.8 Å². The highest BCUT2D eigenvalue weighted by Gasteiger charge is 2.15. The minimum atomic E-state index is 0.142. The standard InChI is InChI=1S/C13H19NO.C2H6/c1-13(2,3)9-8-12(15)10-6-4-5-7-11(10)14;1-2/h4-7H,8-9,14H2,1-3H3;1-2H3. The fourth-order valence-electron chi connectivity index (χ4n) is 1.37. The van der Waals surface area contributed by atoms with E-state index in [4.69, 9.17) is 5.73 Å². The number of nitrogens with two attached hydrogens (primary N) is 1. The van der Waals surface area contributed by atoms with Crippen molar-refractivity contribution >= 4 is 11.5 Å². The van der Waals surface area contributed by atoms with Crippen molar-refractivity contribution in [3.63, 3.8) is 0 Å². The van der Waals surface area contributed by atoms with E-state index in [0.29, 0.717) is 17.7 Å². The third-order valence-corrected chi connectivity index (χ3v) is 2.36. The molecule has 0 bridgehead atoms. The number of hydrogen-bond acceptors (Lipinski definition) is 2. The molecule has 0 aromatic heterocycles. The maximum Gasteiger partial charge on any atom is 0.164 e. The van der Waals surface area contributed by atoms with Gasteiger partial charge in [0.1, 0.15) is 0 Å². The second-order valence-electron chi connectivity index (χ2n) is 5.07. The Morgan fingerprint density at radius 3 is 2.18 bits per heavy atom. The molecule has 0 aliphatic carbocycles. The Kier molecular flexibility index (Phi) is 6.55. The number of nitrogen functional groups attached to an aromatic ring is 1. The van der Waals surface area contributed by atoms with Crippen molar-refractivity contribution in [2.75, 3.05) is 5.73 Å². The van der Waals surface area contributed by atoms with Crippen molar-refractivity contribution in [3.05, 3.63) is 29.8 Å². The molecule has 0 radical (unpaired) electrons. The summed E-state index contributed by atoms with van der Waals surface area (Å²) in [7, 11) is 0. The van der Waals surface area contributed by atoms with Gasteiger partial charge in [0.15, 0.2) is 5.78 Å². The average molecular weight is 235 g/mol. The molecule has 0 saturated carbocycles. The number of ketones is 1. The van der Waals surface area contributed by atoms with Gasteiger partial charge in [0.2, 0.25) is 0 Å². The molecule has 1 aromatic carbocycles. The maximum atomic E-state index is 11.8. The topological polar surface area (TPSA) is 43.1 Å². The average Bonchev–Trinajstić information content (AvgIpc) is 2.28. The van der Waals surface area contributed by atoms with E-state index in [1.54, 1.807) is 12.1 Å². The molecule has 0 aliphatic rings. The van der Waals surface area contributed by atoms with Crippen molar-refractivity contribution < 1.29 is 4.79 Å². The molecule has 1 aromatic rings. The molecule has 0 fully saturated rings. The van der Waals surface area contributed by atoms with Crippen molar-refractivity contribution in [2.45, 2.75) is 47.5 Å². The van der Waals surface area contributed by atoms with Crippen LogP contribution in [0.15, 0.2) is 24.3 Å². The van der Waals surface area contributed by atoms with Crippen molar-refractivity contribution in [1.82, 2.24) is 0 Å². The number of para-hydroxylation sites is 1. The summed E-state index contributed by atoms with van der Waals surface area (Å²) < 4.78 is 0. The summed E-state index contributed by atoms with van der Waals surface area (Å²) in [6, 6.07) is 7.25. The summed E-state index contributed by atoms with van der Waals surface area (Å²) in [6.07, 6.45) is 1.46. The van der Waals surface area contributed by atoms with Crippen molar-refractivity contribution in [3.8, 4) is 0 Å². The quantitative estimate of drug-likeness (QED) is 0.627. The molecular formula is C15H25NO. The van der Waals surface area contributed by atoms with Crippen molar-refractivity contribution in [2.24, 2.45) is 5.41 Å². The molecule has 0 heterocycles. The zero-order valence-corrected chi connectivity index (χ0v) is 11.7. The summed E-state index contributed by atoms with van der Waals surface area (Å²) in [5, 5.41) is 0. The van der Waals surface area contributed by atoms with Crippen LogP contribution in [0.4, 0.5) is 5.69 Å². The zero-order chi connectivity index (χ0) is 13.5. The molecule has 1 rings (SSSR count). The first kappa shape index (κ1) is 15.7. The first-order valence-corrected chi connectivity index (χ1v) is 6.28. The van der Waals surface area contributed by atoms with Gasteiger partial charge < -0.3 is 5.73 Å². The number of carbonyl (C=O) groups is 1. The highest BCUT2D eigenvalue weighted by Crippen LogP contribution is 2.23. The lowest BCUT2D eigenvalue weighted by atomic mass is 9.88. The largest absolute Gasteiger partial charge is 0.398 e. The lowest BCUT2D eigenvalue weighted by Gasteiger charge is -2.17. The van der Waals surface area contributed by atoms with Crippen LogP contribution in [-0.2, 0) is 0 Å². The van der Waals surface area contributed by atoms with Gasteiger partial charge in [-0.05, 0) is 24.0 Å². The Balaban J connectivity index is 0.00000121. The van der Waals surface area contributed by atoms with Gasteiger partial charge in [-0.3, -0.25) is 4.79 Å². The summed E-state index contributed by atoms with van der Waals surface area (Å²) in [6.45, 7) is 10.4. The molecular weight excluding hydrogens is 210 g/mol. The maximum absolute atomic E-state index is 11.8. The van der Waals surface area contributed by atoms with Gasteiger partial charge in [-0.25, -0.2) is 0 Å². The first-order valence-electron chi connectivity index (χ1n) is 6.28. The molecule has 2 N–H and O–H groups in total. The van der Waals surface area contributed by atoms with Crippen LogP contribution in [0.2, 0.25) is 0 Å². The number of anilines is 1. The van der Waals surface area contributed by atoms with E-state index in [1.807, 2.05) is 26.0 Å². The number of carbonyl (C=O) groups excluding carboxylic acids is 1. The SMILES string of the molecule is CC.CC(C)(C)CCC(=O)c1ccccc1N. The predicted molar refractivity (Wildman–Crippen MR) is 75.2 cm³/mol. The van der Waals surface area contributed by atoms with Crippen LogP contribution in [0.3, 0.4) is 0 Å². The van der Waals surface area contributed by atoms with E-state index >= 15 is 0 Å². The monoisotopic (exact) mass is 235 g/mol. The van der Waals surface area contributed by atoms with Crippen LogP contribution < -0.4 is 5.73 Å². The molecule has 0 spiro atoms. The highest BCUT2D eigenvalue weighted by molar-refractivity contribution is 6.00. The Hall–Kier alpha value is -1.31. The Bertz CT molecular complexity index is 350. The molecule has 0 aliphatic heterocycles. The van der Waals surface area contributed by atoms with Gasteiger partial charge in [0.25, 0.3) is 0 Å². The minimum Gasteiger partial charge on any atom is -0.398 e. The first-order chi connectivity index (χ1) is 7.90. The molecule has 17 heavy (non-hydrogen) atoms. The number of rotatable bonds is 3. The minimum absolute atomic E-state index is 0.142. The summed E-state index contributed by atoms with van der Waals surface area (Å²) in [5.74, 6) is 0.142. The van der Waals surface area contributed by atoms with E-state index in [0.717, 1.165) is 6.42 Å². The number of benzene rings is 1. The fourth-order valence-corrected chi connectivity index (χ4v) is 1.37. The van der Waals surface area contributed by atoms with Crippen molar-refractivity contribution in [1.29, 1.82) is 0 Å². The van der Waals surface area contributed by atoms with Crippen LogP contribution in [-0.4, -0.2) is 5.78 Å². The van der Waals surface area contributed by atoms with Crippen LogP contribution in [0, 0.1) is 5.41 Å². The Labute approximate surface area is 105 Å². The molecule has 2 nitrogen and oxygen atoms in total. The second kappa shape index (κ2) is 7.10. The Morgan fingerprint density at radius 2 is 1.71 bits per heavy atom. The lowest BCUT2D eigenvalue weighted by molar-refractivity contribution is 0.0967. The molecule has 2 heteroatoms. The molecule has 0 unspecified atom stereocenters. The number of Topliss-reactive ketones (excluding diaryl/α,β-unsaturated/α-hetero) is 1. The lowest BCUT2D eigenvalue weighted by Crippen LogP contribution is -2.10. The Morgan fingerprint density at radius 1 is 1.18 bits per heavy atom. The van der Waals surface area contributed by atoms with Gasteiger partial charge >= 0.3 is 0 Å². The highest BCUT2D eigenvalue weighted by atomic mass is 16.1. The zero-order valence-electron chi connectivity index (χ0n) is 11.7. The molecule has 0 amide bonds. The van der Waals surface area contributed by atoms with Crippen LogP contribution in [0.5, 0.6) is 0 Å². The summed E-state index contributed by atoms with van der Waals surface area (Å²) in [4.78, 5) is 11.8. The van der Waals surface area contributed by atoms with Crippen LogP contribution in [0.25, 0.3) is 0 Å². The van der Waals surface area contributed by atoms with E-state index < -0.39 is 0 Å². The fraction of sp³-hybridized carbons (Fsp3) is 0.533. The normalized spacial score (nSPS) is 10.4. The van der Waals surface area contributed by atoms with E-state index in [-0.39, 0.29) is 11.2 Å². The molecule has 96 valence electrons. The van der Waals surface area contributed by atoms with Gasteiger partial charge in [-0.15, -0.1) is 0 Å². The summed E-state index contributed by atoms with van der Waals surface area (Å²) in [5.41, 5.74) is 7.17. The van der Waals surface area contributed by atoms with E-state index in [2.05, 4.69) is 20.8 Å². The van der Waals surface area contributed by atoms with Gasteiger partial charge in [-0.2, -0.15) is 0 Å². The molecule has 0 saturated heterocycles.